The Bertz CT molecular complexity index is 570. The second-order valence-electron chi connectivity index (χ2n) is 4.86. The van der Waals surface area contributed by atoms with E-state index in [1.165, 1.54) is 16.9 Å². The van der Waals surface area contributed by atoms with Gasteiger partial charge in [0.15, 0.2) is 0 Å². The summed E-state index contributed by atoms with van der Waals surface area (Å²) in [6.07, 6.45) is 5.23. The molecule has 1 aliphatic rings. The summed E-state index contributed by atoms with van der Waals surface area (Å²) in [4.78, 5) is 18.7. The first-order chi connectivity index (χ1) is 9.24. The first-order valence-electron chi connectivity index (χ1n) is 6.57. The maximum atomic E-state index is 12.2. The number of aryl methyl sites for hydroxylation is 2. The number of nitrogens with one attached hydrogen (secondary N) is 1. The minimum atomic E-state index is -0.0642. The van der Waals surface area contributed by atoms with Crippen LogP contribution in [0.3, 0.4) is 0 Å². The van der Waals surface area contributed by atoms with Gasteiger partial charge in [-0.1, -0.05) is 6.07 Å². The van der Waals surface area contributed by atoms with Gasteiger partial charge in [-0.2, -0.15) is 0 Å². The molecule has 0 spiro atoms. The van der Waals surface area contributed by atoms with E-state index in [0.29, 0.717) is 0 Å². The molecule has 3 rings (SSSR count). The van der Waals surface area contributed by atoms with Gasteiger partial charge < -0.3 is 5.32 Å². The zero-order valence-electron chi connectivity index (χ0n) is 10.8. The van der Waals surface area contributed by atoms with Crippen LogP contribution < -0.4 is 5.32 Å². The molecule has 98 valence electrons. The zero-order valence-corrected chi connectivity index (χ0v) is 11.7. The van der Waals surface area contributed by atoms with Crippen LogP contribution in [0.2, 0.25) is 0 Å². The summed E-state index contributed by atoms with van der Waals surface area (Å²) in [5.41, 5.74) is 2.25. The van der Waals surface area contributed by atoms with Crippen molar-refractivity contribution in [2.45, 2.75) is 32.2 Å². The molecule has 1 aliphatic carbocycles. The maximum absolute atomic E-state index is 12.2. The number of amides is 1. The molecule has 0 aliphatic heterocycles. The van der Waals surface area contributed by atoms with Crippen LogP contribution in [0.15, 0.2) is 30.5 Å². The van der Waals surface area contributed by atoms with Crippen molar-refractivity contribution < 1.29 is 4.79 Å². The second kappa shape index (κ2) is 5.13. The van der Waals surface area contributed by atoms with Crippen LogP contribution in [0.1, 0.15) is 45.2 Å². The van der Waals surface area contributed by atoms with Gasteiger partial charge in [-0.3, -0.25) is 9.78 Å². The van der Waals surface area contributed by atoms with Crippen LogP contribution >= 0.6 is 11.3 Å². The van der Waals surface area contributed by atoms with Crippen molar-refractivity contribution in [2.24, 2.45) is 0 Å². The largest absolute Gasteiger partial charge is 0.343 e. The molecule has 19 heavy (non-hydrogen) atoms. The third kappa shape index (κ3) is 2.54. The Morgan fingerprint density at radius 1 is 1.42 bits per heavy atom. The summed E-state index contributed by atoms with van der Waals surface area (Å²) in [7, 11) is 0. The van der Waals surface area contributed by atoms with Gasteiger partial charge in [-0.15, -0.1) is 11.3 Å². The van der Waals surface area contributed by atoms with Crippen molar-refractivity contribution in [3.8, 4) is 0 Å². The summed E-state index contributed by atoms with van der Waals surface area (Å²) in [5.74, 6) is 0.0116. The van der Waals surface area contributed by atoms with Crippen LogP contribution in [0.4, 0.5) is 0 Å². The van der Waals surface area contributed by atoms with Crippen LogP contribution in [0, 0.1) is 0 Å². The van der Waals surface area contributed by atoms with Gasteiger partial charge in [0.1, 0.15) is 0 Å². The van der Waals surface area contributed by atoms with Gasteiger partial charge in [0.25, 0.3) is 5.91 Å². The Kier molecular flexibility index (Phi) is 3.34. The summed E-state index contributed by atoms with van der Waals surface area (Å²) < 4.78 is 0. The van der Waals surface area contributed by atoms with Crippen LogP contribution in [-0.2, 0) is 12.8 Å². The number of carbonyl (C=O) groups is 1. The fraction of sp³-hybridized carbons (Fsp3) is 0.333. The molecule has 0 saturated heterocycles. The lowest BCUT2D eigenvalue weighted by Crippen LogP contribution is -2.26. The number of fused-ring (bicyclic) bond motifs is 1. The van der Waals surface area contributed by atoms with Gasteiger partial charge in [0.2, 0.25) is 0 Å². The van der Waals surface area contributed by atoms with Crippen molar-refractivity contribution in [1.29, 1.82) is 0 Å². The molecule has 0 radical (unpaired) electrons. The van der Waals surface area contributed by atoms with E-state index in [1.54, 1.807) is 17.5 Å². The predicted octanol–water partition coefficient (Wildman–Crippen LogP) is 3.12. The molecule has 0 bridgehead atoms. The Hall–Kier alpha value is -1.68. The number of aromatic nitrogens is 1. The third-order valence-corrected chi connectivity index (χ3v) is 4.69. The average molecular weight is 272 g/mol. The molecule has 1 N–H and O–H groups in total. The Morgan fingerprint density at radius 2 is 2.32 bits per heavy atom. The lowest BCUT2D eigenvalue weighted by Gasteiger charge is -2.12. The summed E-state index contributed by atoms with van der Waals surface area (Å²) in [6.45, 7) is 1.96. The maximum Gasteiger partial charge on any atom is 0.261 e. The van der Waals surface area contributed by atoms with Gasteiger partial charge in [0.05, 0.1) is 16.6 Å². The van der Waals surface area contributed by atoms with Gasteiger partial charge >= 0.3 is 0 Å². The lowest BCUT2D eigenvalue weighted by molar-refractivity contribution is 0.0943. The molecular formula is C15H16N2OS. The fourth-order valence-electron chi connectivity index (χ4n) is 2.41. The Morgan fingerprint density at radius 3 is 3.05 bits per heavy atom. The molecular weight excluding hydrogens is 256 g/mol. The highest BCUT2D eigenvalue weighted by atomic mass is 32.1. The molecule has 2 heterocycles. The molecule has 1 amide bonds. The summed E-state index contributed by atoms with van der Waals surface area (Å²) >= 11 is 1.63. The minimum absolute atomic E-state index is 0.0116. The fourth-order valence-corrected chi connectivity index (χ4v) is 3.57. The van der Waals surface area contributed by atoms with Gasteiger partial charge in [-0.05, 0) is 49.9 Å². The number of hydrogen-bond donors (Lipinski definition) is 1. The van der Waals surface area contributed by atoms with Crippen molar-refractivity contribution in [3.63, 3.8) is 0 Å². The molecule has 0 aromatic carbocycles. The van der Waals surface area contributed by atoms with Gasteiger partial charge in [0, 0.05) is 11.1 Å². The van der Waals surface area contributed by atoms with Crippen molar-refractivity contribution in [3.05, 3.63) is 51.5 Å². The van der Waals surface area contributed by atoms with E-state index < -0.39 is 0 Å². The van der Waals surface area contributed by atoms with Crippen molar-refractivity contribution >= 4 is 17.2 Å². The standard InChI is InChI=1S/C15H16N2OS/c1-10(12-6-2-3-8-16-12)17-15(18)14-9-11-5-4-7-13(11)19-14/h2-3,6,8-10H,4-5,7H2,1H3,(H,17,18). The smallest absolute Gasteiger partial charge is 0.261 e. The topological polar surface area (TPSA) is 42.0 Å². The van der Waals surface area contributed by atoms with Crippen LogP contribution in [0.5, 0.6) is 0 Å². The molecule has 3 nitrogen and oxygen atoms in total. The van der Waals surface area contributed by atoms with E-state index in [-0.39, 0.29) is 11.9 Å². The molecule has 2 aromatic heterocycles. The first-order valence-corrected chi connectivity index (χ1v) is 7.39. The monoisotopic (exact) mass is 272 g/mol. The Balaban J connectivity index is 1.71. The first kappa shape index (κ1) is 12.4. The van der Waals surface area contributed by atoms with E-state index in [9.17, 15) is 4.79 Å². The van der Waals surface area contributed by atoms with E-state index in [2.05, 4.69) is 10.3 Å². The normalized spacial score (nSPS) is 15.0. The average Bonchev–Trinajstić information content (AvgIpc) is 3.00. The van der Waals surface area contributed by atoms with E-state index in [1.807, 2.05) is 31.2 Å². The highest BCUT2D eigenvalue weighted by Crippen LogP contribution is 2.30. The highest BCUT2D eigenvalue weighted by Gasteiger charge is 2.19. The molecule has 2 aromatic rings. The van der Waals surface area contributed by atoms with Crippen molar-refractivity contribution in [1.82, 2.24) is 10.3 Å². The van der Waals surface area contributed by atoms with E-state index in [4.69, 9.17) is 0 Å². The minimum Gasteiger partial charge on any atom is -0.343 e. The number of thiophene rings is 1. The Labute approximate surface area is 116 Å². The van der Waals surface area contributed by atoms with Gasteiger partial charge in [-0.25, -0.2) is 0 Å². The second-order valence-corrected chi connectivity index (χ2v) is 6.00. The quantitative estimate of drug-likeness (QED) is 0.932. The SMILES string of the molecule is CC(NC(=O)c1cc2c(s1)CCC2)c1ccccn1. The number of carbonyl (C=O) groups excluding carboxylic acids is 1. The summed E-state index contributed by atoms with van der Waals surface area (Å²) in [5, 5.41) is 3.01. The number of pyridine rings is 1. The molecule has 0 saturated carbocycles. The third-order valence-electron chi connectivity index (χ3n) is 3.45. The highest BCUT2D eigenvalue weighted by molar-refractivity contribution is 7.14. The molecule has 4 heteroatoms. The molecule has 1 atom stereocenters. The van der Waals surface area contributed by atoms with E-state index in [0.717, 1.165) is 23.4 Å². The number of rotatable bonds is 3. The lowest BCUT2D eigenvalue weighted by atomic mass is 10.2. The van der Waals surface area contributed by atoms with E-state index >= 15 is 0 Å². The summed E-state index contributed by atoms with van der Waals surface area (Å²) in [6, 6.07) is 7.73. The zero-order chi connectivity index (χ0) is 13.2. The van der Waals surface area contributed by atoms with Crippen LogP contribution in [-0.4, -0.2) is 10.9 Å². The van der Waals surface area contributed by atoms with Crippen LogP contribution in [0.25, 0.3) is 0 Å². The molecule has 0 fully saturated rings. The predicted molar refractivity (Wildman–Crippen MR) is 76.5 cm³/mol. The number of nitrogens with zero attached hydrogens (tertiary/aromatic N) is 1. The molecule has 1 unspecified atom stereocenters. The number of hydrogen-bond acceptors (Lipinski definition) is 3. The van der Waals surface area contributed by atoms with Crippen molar-refractivity contribution in [2.75, 3.05) is 0 Å².